The molecular weight excluding hydrogens is 220 g/mol. The van der Waals surface area contributed by atoms with Crippen LogP contribution in [-0.4, -0.2) is 17.3 Å². The molecule has 0 radical (unpaired) electrons. The van der Waals surface area contributed by atoms with Gasteiger partial charge in [-0.1, -0.05) is 18.2 Å². The van der Waals surface area contributed by atoms with Crippen molar-refractivity contribution in [2.24, 2.45) is 0 Å². The third-order valence-corrected chi connectivity index (χ3v) is 2.67. The van der Waals surface area contributed by atoms with Crippen LogP contribution in [0.2, 0.25) is 0 Å². The highest BCUT2D eigenvalue weighted by atomic mass is 32.1. The van der Waals surface area contributed by atoms with Gasteiger partial charge in [0.05, 0.1) is 6.17 Å². The molecule has 4 N–H and O–H groups in total. The zero-order chi connectivity index (χ0) is 11.4. The van der Waals surface area contributed by atoms with Crippen molar-refractivity contribution in [3.63, 3.8) is 0 Å². The molecular formula is C11H16N4S. The minimum Gasteiger partial charge on any atom is -0.360 e. The van der Waals surface area contributed by atoms with Gasteiger partial charge in [0.1, 0.15) is 0 Å². The van der Waals surface area contributed by atoms with Crippen molar-refractivity contribution in [2.45, 2.75) is 25.6 Å². The molecule has 0 bridgehead atoms. The molecule has 2 atom stereocenters. The molecule has 1 aromatic rings. The van der Waals surface area contributed by atoms with Crippen LogP contribution in [0.1, 0.15) is 13.3 Å². The van der Waals surface area contributed by atoms with Crippen molar-refractivity contribution in [3.8, 4) is 0 Å². The molecule has 1 aliphatic heterocycles. The summed E-state index contributed by atoms with van der Waals surface area (Å²) in [5.74, 6) is 0. The number of anilines is 1. The Balaban J connectivity index is 1.84. The summed E-state index contributed by atoms with van der Waals surface area (Å²) in [4.78, 5) is 0. The van der Waals surface area contributed by atoms with Gasteiger partial charge in [-0.2, -0.15) is 0 Å². The third-order valence-electron chi connectivity index (χ3n) is 2.44. The predicted molar refractivity (Wildman–Crippen MR) is 69.9 cm³/mol. The molecule has 0 aromatic heterocycles. The van der Waals surface area contributed by atoms with E-state index in [4.69, 9.17) is 12.2 Å². The minimum atomic E-state index is 0.156. The molecule has 0 unspecified atom stereocenters. The van der Waals surface area contributed by atoms with Gasteiger partial charge in [0.25, 0.3) is 0 Å². The van der Waals surface area contributed by atoms with Gasteiger partial charge in [-0.15, -0.1) is 0 Å². The lowest BCUT2D eigenvalue weighted by Gasteiger charge is -2.31. The summed E-state index contributed by atoms with van der Waals surface area (Å²) >= 11 is 5.10. The number of rotatable bonds is 3. The second-order valence-corrected chi connectivity index (χ2v) is 4.35. The van der Waals surface area contributed by atoms with E-state index in [1.807, 2.05) is 30.3 Å². The number of benzene rings is 1. The van der Waals surface area contributed by atoms with Crippen LogP contribution in [-0.2, 0) is 0 Å². The summed E-state index contributed by atoms with van der Waals surface area (Å²) in [6, 6.07) is 10.4. The fraction of sp³-hybridized carbons (Fsp3) is 0.364. The van der Waals surface area contributed by atoms with Gasteiger partial charge in [0.2, 0.25) is 0 Å². The van der Waals surface area contributed by atoms with Crippen molar-refractivity contribution in [2.75, 3.05) is 5.43 Å². The Morgan fingerprint density at radius 1 is 1.25 bits per heavy atom. The molecule has 0 aliphatic carbocycles. The summed E-state index contributed by atoms with van der Waals surface area (Å²) < 4.78 is 0. The van der Waals surface area contributed by atoms with Crippen molar-refractivity contribution in [1.82, 2.24) is 16.1 Å². The largest absolute Gasteiger partial charge is 0.360 e. The zero-order valence-corrected chi connectivity index (χ0v) is 9.97. The van der Waals surface area contributed by atoms with Crippen molar-refractivity contribution in [3.05, 3.63) is 30.3 Å². The second kappa shape index (κ2) is 5.14. The van der Waals surface area contributed by atoms with E-state index in [0.717, 1.165) is 12.1 Å². The maximum Gasteiger partial charge on any atom is 0.167 e. The lowest BCUT2D eigenvalue weighted by atomic mass is 10.2. The first-order chi connectivity index (χ1) is 7.74. The molecule has 2 rings (SSSR count). The molecule has 1 fully saturated rings. The molecule has 4 nitrogen and oxygen atoms in total. The molecule has 5 heteroatoms. The van der Waals surface area contributed by atoms with E-state index in [9.17, 15) is 0 Å². The lowest BCUT2D eigenvalue weighted by Crippen LogP contribution is -2.59. The van der Waals surface area contributed by atoms with Gasteiger partial charge in [-0.05, 0) is 31.3 Å². The smallest absolute Gasteiger partial charge is 0.167 e. The highest BCUT2D eigenvalue weighted by Crippen LogP contribution is 2.05. The molecule has 86 valence electrons. The van der Waals surface area contributed by atoms with E-state index in [1.54, 1.807) is 0 Å². The van der Waals surface area contributed by atoms with Gasteiger partial charge in [-0.25, -0.2) is 5.43 Å². The van der Waals surface area contributed by atoms with Crippen LogP contribution in [0.25, 0.3) is 0 Å². The van der Waals surface area contributed by atoms with Crippen molar-refractivity contribution < 1.29 is 0 Å². The van der Waals surface area contributed by atoms with E-state index in [1.165, 1.54) is 0 Å². The average Bonchev–Trinajstić information content (AvgIpc) is 2.27. The highest BCUT2D eigenvalue weighted by Gasteiger charge is 2.19. The fourth-order valence-electron chi connectivity index (χ4n) is 1.68. The van der Waals surface area contributed by atoms with E-state index in [0.29, 0.717) is 11.2 Å². The molecule has 0 spiro atoms. The average molecular weight is 236 g/mol. The summed E-state index contributed by atoms with van der Waals surface area (Å²) in [5.41, 5.74) is 7.41. The Hall–Kier alpha value is -1.33. The first kappa shape index (κ1) is 11.2. The first-order valence-electron chi connectivity index (χ1n) is 5.37. The van der Waals surface area contributed by atoms with Gasteiger partial charge >= 0.3 is 0 Å². The Labute approximate surface area is 101 Å². The molecule has 1 saturated heterocycles. The Morgan fingerprint density at radius 3 is 2.69 bits per heavy atom. The molecule has 1 aliphatic rings. The van der Waals surface area contributed by atoms with E-state index in [2.05, 4.69) is 28.4 Å². The zero-order valence-electron chi connectivity index (χ0n) is 9.16. The van der Waals surface area contributed by atoms with Crippen LogP contribution in [0.3, 0.4) is 0 Å². The fourth-order valence-corrected chi connectivity index (χ4v) is 2.03. The van der Waals surface area contributed by atoms with Crippen LogP contribution in [0.4, 0.5) is 5.69 Å². The Bertz CT molecular complexity index is 354. The van der Waals surface area contributed by atoms with Gasteiger partial charge in [0, 0.05) is 18.2 Å². The third kappa shape index (κ3) is 3.08. The SMILES string of the molecule is C[C@H]1C[C@H](NNc2ccccc2)NC(=S)N1. The van der Waals surface area contributed by atoms with Gasteiger partial charge in [0.15, 0.2) is 5.11 Å². The molecule has 1 heterocycles. The minimum absolute atomic E-state index is 0.156. The normalized spacial score (nSPS) is 24.4. The lowest BCUT2D eigenvalue weighted by molar-refractivity contribution is 0.402. The summed E-state index contributed by atoms with van der Waals surface area (Å²) in [6.07, 6.45) is 1.13. The number of hydrogen-bond acceptors (Lipinski definition) is 3. The Kier molecular flexibility index (Phi) is 3.58. The summed E-state index contributed by atoms with van der Waals surface area (Å²) in [5, 5.41) is 7.02. The first-order valence-corrected chi connectivity index (χ1v) is 5.78. The van der Waals surface area contributed by atoms with Gasteiger partial charge in [-0.3, -0.25) is 0 Å². The van der Waals surface area contributed by atoms with Crippen LogP contribution in [0.5, 0.6) is 0 Å². The summed E-state index contributed by atoms with van der Waals surface area (Å²) in [7, 11) is 0. The van der Waals surface area contributed by atoms with E-state index >= 15 is 0 Å². The number of para-hydroxylation sites is 1. The summed E-state index contributed by atoms with van der Waals surface area (Å²) in [6.45, 7) is 2.12. The Morgan fingerprint density at radius 2 is 2.00 bits per heavy atom. The molecule has 0 amide bonds. The number of nitrogens with one attached hydrogen (secondary N) is 4. The van der Waals surface area contributed by atoms with Crippen molar-refractivity contribution >= 4 is 23.0 Å². The quantitative estimate of drug-likeness (QED) is 0.469. The maximum atomic E-state index is 5.10. The molecule has 1 aromatic carbocycles. The second-order valence-electron chi connectivity index (χ2n) is 3.94. The predicted octanol–water partition coefficient (Wildman–Crippen LogP) is 1.19. The van der Waals surface area contributed by atoms with Crippen molar-refractivity contribution in [1.29, 1.82) is 0 Å². The van der Waals surface area contributed by atoms with Crippen LogP contribution >= 0.6 is 12.2 Å². The highest BCUT2D eigenvalue weighted by molar-refractivity contribution is 7.80. The van der Waals surface area contributed by atoms with E-state index < -0.39 is 0 Å². The van der Waals surface area contributed by atoms with Crippen LogP contribution in [0.15, 0.2) is 30.3 Å². The molecule has 16 heavy (non-hydrogen) atoms. The number of thiocarbonyl (C=S) groups is 1. The maximum absolute atomic E-state index is 5.10. The van der Waals surface area contributed by atoms with Crippen LogP contribution < -0.4 is 21.5 Å². The molecule has 0 saturated carbocycles. The monoisotopic (exact) mass is 236 g/mol. The van der Waals surface area contributed by atoms with Gasteiger partial charge < -0.3 is 16.1 Å². The number of hydrazine groups is 1. The standard InChI is InChI=1S/C11H16N4S/c1-8-7-10(13-11(16)12-8)15-14-9-5-3-2-4-6-9/h2-6,8,10,14-15H,7H2,1H3,(H2,12,13,16)/t8-,10-/m0/s1. The number of hydrogen-bond donors (Lipinski definition) is 4. The topological polar surface area (TPSA) is 48.1 Å². The van der Waals surface area contributed by atoms with Crippen LogP contribution in [0, 0.1) is 0 Å². The van der Waals surface area contributed by atoms with E-state index in [-0.39, 0.29) is 6.17 Å².